The summed E-state index contributed by atoms with van der Waals surface area (Å²) in [5.74, 6) is -3.58. The molecule has 148 valence electrons. The van der Waals surface area contributed by atoms with E-state index in [-0.39, 0.29) is 55.9 Å². The lowest BCUT2D eigenvalue weighted by Gasteiger charge is -2.36. The van der Waals surface area contributed by atoms with Gasteiger partial charge in [0.1, 0.15) is 17.5 Å². The van der Waals surface area contributed by atoms with E-state index in [1.807, 2.05) is 0 Å². The number of halogens is 5. The summed E-state index contributed by atoms with van der Waals surface area (Å²) in [6.45, 7) is 0.775. The maximum absolute atomic E-state index is 13.8. The van der Waals surface area contributed by atoms with E-state index in [1.165, 1.54) is 11.8 Å². The molecule has 2 N–H and O–H groups in total. The number of hydrogen-bond acceptors (Lipinski definition) is 3. The zero-order valence-corrected chi connectivity index (χ0v) is 14.6. The van der Waals surface area contributed by atoms with E-state index in [9.17, 15) is 26.7 Å². The second kappa shape index (κ2) is 8.01. The standard InChI is InChI=1S/C17H19F5N4O/c1-10-7-13(19)11(8-12(10)18)3-2-4-15(27)25-5-6-26(14(23)9-25)16(24)17(20,21)22/h7-8,23-24H,2-6,9H2,1H3. The van der Waals surface area contributed by atoms with Crippen LogP contribution >= 0.6 is 0 Å². The summed E-state index contributed by atoms with van der Waals surface area (Å²) in [7, 11) is 0. The molecule has 27 heavy (non-hydrogen) atoms. The van der Waals surface area contributed by atoms with Crippen molar-refractivity contribution in [1.29, 1.82) is 10.8 Å². The van der Waals surface area contributed by atoms with Crippen LogP contribution < -0.4 is 0 Å². The molecular formula is C17H19F5N4O. The van der Waals surface area contributed by atoms with Crippen LogP contribution in [0.4, 0.5) is 22.0 Å². The Morgan fingerprint density at radius 3 is 2.44 bits per heavy atom. The molecule has 1 aliphatic rings. The minimum absolute atomic E-state index is 0.00106. The monoisotopic (exact) mass is 390 g/mol. The summed E-state index contributed by atoms with van der Waals surface area (Å²) in [4.78, 5) is 13.9. The Bertz CT molecular complexity index is 762. The van der Waals surface area contributed by atoms with Gasteiger partial charge in [-0.3, -0.25) is 15.6 Å². The Labute approximate surface area is 152 Å². The van der Waals surface area contributed by atoms with Crippen LogP contribution in [-0.2, 0) is 11.2 Å². The van der Waals surface area contributed by atoms with Crippen LogP contribution in [0.5, 0.6) is 0 Å². The summed E-state index contributed by atoms with van der Waals surface area (Å²) in [6, 6.07) is 2.18. The maximum Gasteiger partial charge on any atom is 0.449 e. The highest BCUT2D eigenvalue weighted by atomic mass is 19.4. The molecular weight excluding hydrogens is 371 g/mol. The third-order valence-electron chi connectivity index (χ3n) is 4.32. The third kappa shape index (κ3) is 5.01. The molecule has 0 atom stereocenters. The van der Waals surface area contributed by atoms with Crippen LogP contribution in [0.25, 0.3) is 0 Å². The summed E-state index contributed by atoms with van der Waals surface area (Å²) >= 11 is 0. The van der Waals surface area contributed by atoms with Gasteiger partial charge < -0.3 is 9.80 Å². The molecule has 1 amide bonds. The van der Waals surface area contributed by atoms with Gasteiger partial charge in [-0.2, -0.15) is 13.2 Å². The number of carbonyl (C=O) groups excluding carboxylic acids is 1. The van der Waals surface area contributed by atoms with Crippen molar-refractivity contribution < 1.29 is 26.7 Å². The number of nitrogens with one attached hydrogen (secondary N) is 2. The number of carbonyl (C=O) groups is 1. The molecule has 10 heteroatoms. The number of aryl methyl sites for hydroxylation is 2. The van der Waals surface area contributed by atoms with E-state index in [4.69, 9.17) is 10.8 Å². The van der Waals surface area contributed by atoms with Gasteiger partial charge in [0, 0.05) is 19.5 Å². The number of piperazine rings is 1. The van der Waals surface area contributed by atoms with Gasteiger partial charge >= 0.3 is 6.18 Å². The fourth-order valence-electron chi connectivity index (χ4n) is 2.78. The number of hydrogen-bond donors (Lipinski definition) is 2. The lowest BCUT2D eigenvalue weighted by Crippen LogP contribution is -2.56. The van der Waals surface area contributed by atoms with E-state index < -0.39 is 29.5 Å². The van der Waals surface area contributed by atoms with Gasteiger partial charge in [0.15, 0.2) is 0 Å². The zero-order chi connectivity index (χ0) is 20.4. The molecule has 5 nitrogen and oxygen atoms in total. The van der Waals surface area contributed by atoms with Crippen molar-refractivity contribution in [3.8, 4) is 0 Å². The molecule has 0 bridgehead atoms. The molecule has 1 saturated heterocycles. The van der Waals surface area contributed by atoms with Crippen LogP contribution in [0, 0.1) is 29.4 Å². The molecule has 1 fully saturated rings. The number of alkyl halides is 3. The predicted octanol–water partition coefficient (Wildman–Crippen LogP) is 3.26. The first-order valence-corrected chi connectivity index (χ1v) is 8.23. The van der Waals surface area contributed by atoms with Gasteiger partial charge in [0.2, 0.25) is 11.7 Å². The van der Waals surface area contributed by atoms with Gasteiger partial charge in [0.05, 0.1) is 6.54 Å². The molecule has 0 saturated carbocycles. The fraction of sp³-hybridized carbons (Fsp3) is 0.471. The molecule has 0 spiro atoms. The minimum atomic E-state index is -4.86. The molecule has 1 aliphatic heterocycles. The minimum Gasteiger partial charge on any atom is -0.333 e. The second-order valence-electron chi connectivity index (χ2n) is 6.31. The lowest BCUT2D eigenvalue weighted by molar-refractivity contribution is -0.131. The highest BCUT2D eigenvalue weighted by Crippen LogP contribution is 2.21. The molecule has 1 aromatic carbocycles. The van der Waals surface area contributed by atoms with Gasteiger partial charge in [0.25, 0.3) is 0 Å². The molecule has 1 aromatic rings. The highest BCUT2D eigenvalue weighted by Gasteiger charge is 2.41. The molecule has 0 radical (unpaired) electrons. The van der Waals surface area contributed by atoms with Crippen molar-refractivity contribution in [3.63, 3.8) is 0 Å². The Morgan fingerprint density at radius 2 is 1.85 bits per heavy atom. The number of benzene rings is 1. The van der Waals surface area contributed by atoms with Crippen LogP contribution in [-0.4, -0.2) is 53.2 Å². The average molecular weight is 390 g/mol. The number of rotatable bonds is 4. The molecule has 0 aromatic heterocycles. The van der Waals surface area contributed by atoms with Crippen LogP contribution in [0.2, 0.25) is 0 Å². The Morgan fingerprint density at radius 1 is 1.19 bits per heavy atom. The molecule has 1 heterocycles. The van der Waals surface area contributed by atoms with Gasteiger partial charge in [-0.25, -0.2) is 8.78 Å². The van der Waals surface area contributed by atoms with Gasteiger partial charge in [-0.15, -0.1) is 0 Å². The Hall–Kier alpha value is -2.52. The van der Waals surface area contributed by atoms with Gasteiger partial charge in [-0.05, 0) is 43.0 Å². The molecule has 0 aliphatic carbocycles. The second-order valence-corrected chi connectivity index (χ2v) is 6.31. The topological polar surface area (TPSA) is 71.2 Å². The number of amidine groups is 2. The summed E-state index contributed by atoms with van der Waals surface area (Å²) < 4.78 is 65.0. The number of amides is 1. The first kappa shape index (κ1) is 20.8. The van der Waals surface area contributed by atoms with Crippen LogP contribution in [0.1, 0.15) is 24.0 Å². The highest BCUT2D eigenvalue weighted by molar-refractivity contribution is 6.02. The van der Waals surface area contributed by atoms with Crippen LogP contribution in [0.15, 0.2) is 12.1 Å². The van der Waals surface area contributed by atoms with E-state index in [2.05, 4.69) is 0 Å². The smallest absolute Gasteiger partial charge is 0.333 e. The van der Waals surface area contributed by atoms with Crippen molar-refractivity contribution in [1.82, 2.24) is 9.80 Å². The summed E-state index contributed by atoms with van der Waals surface area (Å²) in [5, 5.41) is 14.8. The van der Waals surface area contributed by atoms with E-state index in [1.54, 1.807) is 0 Å². The van der Waals surface area contributed by atoms with Crippen molar-refractivity contribution in [3.05, 3.63) is 34.9 Å². The van der Waals surface area contributed by atoms with E-state index in [0.717, 1.165) is 12.1 Å². The van der Waals surface area contributed by atoms with E-state index in [0.29, 0.717) is 4.90 Å². The SMILES string of the molecule is Cc1cc(F)c(CCCC(=O)N2CCN(C(=N)C(F)(F)F)C(=N)C2)cc1F. The number of nitrogens with zero attached hydrogens (tertiary/aromatic N) is 2. The quantitative estimate of drug-likeness (QED) is 0.471. The lowest BCUT2D eigenvalue weighted by atomic mass is 10.0. The maximum atomic E-state index is 13.8. The predicted molar refractivity (Wildman–Crippen MR) is 88.8 cm³/mol. The normalized spacial score (nSPS) is 15.3. The molecule has 0 unspecified atom stereocenters. The van der Waals surface area contributed by atoms with E-state index >= 15 is 0 Å². The van der Waals surface area contributed by atoms with Crippen molar-refractivity contribution in [2.45, 2.75) is 32.4 Å². The molecule has 2 rings (SSSR count). The first-order chi connectivity index (χ1) is 12.5. The van der Waals surface area contributed by atoms with Crippen molar-refractivity contribution >= 4 is 17.6 Å². The Balaban J connectivity index is 1.87. The zero-order valence-electron chi connectivity index (χ0n) is 14.6. The first-order valence-electron chi connectivity index (χ1n) is 8.23. The van der Waals surface area contributed by atoms with Crippen molar-refractivity contribution in [2.24, 2.45) is 0 Å². The van der Waals surface area contributed by atoms with Crippen molar-refractivity contribution in [2.75, 3.05) is 19.6 Å². The van der Waals surface area contributed by atoms with Crippen LogP contribution in [0.3, 0.4) is 0 Å². The largest absolute Gasteiger partial charge is 0.449 e. The third-order valence-corrected chi connectivity index (χ3v) is 4.32. The average Bonchev–Trinajstić information content (AvgIpc) is 2.57. The Kier molecular flexibility index (Phi) is 6.17. The fourth-order valence-corrected chi connectivity index (χ4v) is 2.78. The summed E-state index contributed by atoms with van der Waals surface area (Å²) in [6.07, 6.45) is -4.47. The van der Waals surface area contributed by atoms with Gasteiger partial charge in [-0.1, -0.05) is 0 Å². The summed E-state index contributed by atoms with van der Waals surface area (Å²) in [5.41, 5.74) is 0.343.